The van der Waals surface area contributed by atoms with Crippen LogP contribution in [0.25, 0.3) is 0 Å². The minimum atomic E-state index is -4.43. The number of benzene rings is 1. The summed E-state index contributed by atoms with van der Waals surface area (Å²) in [7, 11) is 3.84. The van der Waals surface area contributed by atoms with Gasteiger partial charge in [-0.25, -0.2) is 0 Å². The average Bonchev–Trinajstić information content (AvgIpc) is 2.33. The Labute approximate surface area is 116 Å². The summed E-state index contributed by atoms with van der Waals surface area (Å²) in [5, 5.41) is 2.72. The summed E-state index contributed by atoms with van der Waals surface area (Å²) in [5.74, 6) is 0. The molecule has 0 radical (unpaired) electrons. The van der Waals surface area contributed by atoms with Gasteiger partial charge in [-0.2, -0.15) is 13.2 Å². The van der Waals surface area contributed by atoms with Crippen LogP contribution in [0.2, 0.25) is 0 Å². The summed E-state index contributed by atoms with van der Waals surface area (Å²) in [6.45, 7) is 1.97. The van der Waals surface area contributed by atoms with Crippen molar-refractivity contribution >= 4 is 11.4 Å². The van der Waals surface area contributed by atoms with Crippen molar-refractivity contribution in [2.75, 3.05) is 51.4 Å². The molecule has 0 amide bonds. The highest BCUT2D eigenvalue weighted by atomic mass is 19.4. The van der Waals surface area contributed by atoms with E-state index in [0.29, 0.717) is 19.8 Å². The number of nitrogen functional groups attached to an aromatic ring is 1. The van der Waals surface area contributed by atoms with Gasteiger partial charge in [0.2, 0.25) is 0 Å². The van der Waals surface area contributed by atoms with Crippen molar-refractivity contribution in [2.45, 2.75) is 6.18 Å². The summed E-state index contributed by atoms with van der Waals surface area (Å²) in [6.07, 6.45) is -4.43. The largest absolute Gasteiger partial charge is 0.418 e. The standard InChI is InChI=1S/C13H20F3N3O/c1-19(2)6-8-20-7-5-18-12-4-3-10(17)9-11(12)13(14,15)16/h3-4,9,18H,5-8,17H2,1-2H3. The van der Waals surface area contributed by atoms with Crippen molar-refractivity contribution in [3.63, 3.8) is 0 Å². The maximum atomic E-state index is 12.8. The SMILES string of the molecule is CN(C)CCOCCNc1ccc(N)cc1C(F)(F)F. The highest BCUT2D eigenvalue weighted by Crippen LogP contribution is 2.35. The molecule has 0 saturated carbocycles. The van der Waals surface area contributed by atoms with E-state index in [1.807, 2.05) is 19.0 Å². The molecule has 1 aromatic rings. The van der Waals surface area contributed by atoms with Gasteiger partial charge in [0.05, 0.1) is 18.8 Å². The Morgan fingerprint density at radius 1 is 1.25 bits per heavy atom. The molecule has 4 nitrogen and oxygen atoms in total. The molecule has 3 N–H and O–H groups in total. The number of anilines is 2. The molecule has 0 heterocycles. The monoisotopic (exact) mass is 291 g/mol. The van der Waals surface area contributed by atoms with Crippen LogP contribution in [0.15, 0.2) is 18.2 Å². The van der Waals surface area contributed by atoms with Gasteiger partial charge in [-0.05, 0) is 32.3 Å². The van der Waals surface area contributed by atoms with Crippen LogP contribution in [0.3, 0.4) is 0 Å². The maximum absolute atomic E-state index is 12.8. The highest BCUT2D eigenvalue weighted by molar-refractivity contribution is 5.59. The molecule has 0 fully saturated rings. The number of rotatable bonds is 7. The molecule has 1 rings (SSSR count). The van der Waals surface area contributed by atoms with Gasteiger partial charge in [0.25, 0.3) is 0 Å². The van der Waals surface area contributed by atoms with Crippen molar-refractivity contribution in [2.24, 2.45) is 0 Å². The minimum absolute atomic E-state index is 0.0166. The minimum Gasteiger partial charge on any atom is -0.399 e. The van der Waals surface area contributed by atoms with Crippen LogP contribution in [0.1, 0.15) is 5.56 Å². The van der Waals surface area contributed by atoms with Crippen molar-refractivity contribution in [1.82, 2.24) is 4.90 Å². The van der Waals surface area contributed by atoms with E-state index in [2.05, 4.69) is 5.32 Å². The zero-order chi connectivity index (χ0) is 15.2. The lowest BCUT2D eigenvalue weighted by molar-refractivity contribution is -0.136. The molecule has 20 heavy (non-hydrogen) atoms. The molecule has 0 saturated heterocycles. The third-order valence-electron chi connectivity index (χ3n) is 2.59. The van der Waals surface area contributed by atoms with E-state index in [0.717, 1.165) is 12.6 Å². The van der Waals surface area contributed by atoms with Crippen molar-refractivity contribution < 1.29 is 17.9 Å². The first-order valence-electron chi connectivity index (χ1n) is 6.24. The van der Waals surface area contributed by atoms with E-state index >= 15 is 0 Å². The van der Waals surface area contributed by atoms with Crippen LogP contribution >= 0.6 is 0 Å². The second-order valence-corrected chi connectivity index (χ2v) is 4.65. The van der Waals surface area contributed by atoms with Gasteiger partial charge in [-0.3, -0.25) is 0 Å². The van der Waals surface area contributed by atoms with Gasteiger partial charge in [0.15, 0.2) is 0 Å². The number of alkyl halides is 3. The molecule has 0 aromatic heterocycles. The van der Waals surface area contributed by atoms with E-state index < -0.39 is 11.7 Å². The van der Waals surface area contributed by atoms with E-state index in [9.17, 15) is 13.2 Å². The van der Waals surface area contributed by atoms with Crippen LogP contribution < -0.4 is 11.1 Å². The number of nitrogens with one attached hydrogen (secondary N) is 1. The predicted molar refractivity (Wildman–Crippen MR) is 73.7 cm³/mol. The van der Waals surface area contributed by atoms with E-state index in [1.165, 1.54) is 12.1 Å². The molecule has 0 aliphatic carbocycles. The fraction of sp³-hybridized carbons (Fsp3) is 0.538. The summed E-state index contributed by atoms with van der Waals surface area (Å²) in [6, 6.07) is 3.69. The van der Waals surface area contributed by atoms with Gasteiger partial charge in [0.1, 0.15) is 0 Å². The molecular weight excluding hydrogens is 271 g/mol. The number of nitrogens with two attached hydrogens (primary N) is 1. The number of nitrogens with zero attached hydrogens (tertiary/aromatic N) is 1. The first-order chi connectivity index (χ1) is 9.30. The third-order valence-corrected chi connectivity index (χ3v) is 2.59. The van der Waals surface area contributed by atoms with E-state index in [1.54, 1.807) is 0 Å². The van der Waals surface area contributed by atoms with Gasteiger partial charge in [-0.1, -0.05) is 0 Å². The molecule has 0 aliphatic rings. The maximum Gasteiger partial charge on any atom is 0.418 e. The Kier molecular flexibility index (Phi) is 6.09. The Morgan fingerprint density at radius 3 is 2.55 bits per heavy atom. The fourth-order valence-electron chi connectivity index (χ4n) is 1.56. The lowest BCUT2D eigenvalue weighted by Crippen LogP contribution is -2.20. The lowest BCUT2D eigenvalue weighted by Gasteiger charge is -2.15. The second-order valence-electron chi connectivity index (χ2n) is 4.65. The van der Waals surface area contributed by atoms with Crippen molar-refractivity contribution in [1.29, 1.82) is 0 Å². The Balaban J connectivity index is 2.48. The third kappa shape index (κ3) is 5.66. The summed E-state index contributed by atoms with van der Waals surface area (Å²) >= 11 is 0. The zero-order valence-corrected chi connectivity index (χ0v) is 11.6. The van der Waals surface area contributed by atoms with Crippen molar-refractivity contribution in [3.8, 4) is 0 Å². The lowest BCUT2D eigenvalue weighted by atomic mass is 10.1. The zero-order valence-electron chi connectivity index (χ0n) is 11.6. The number of hydrogen-bond donors (Lipinski definition) is 2. The van der Waals surface area contributed by atoms with Gasteiger partial charge in [-0.15, -0.1) is 0 Å². The van der Waals surface area contributed by atoms with E-state index in [-0.39, 0.29) is 11.4 Å². The highest BCUT2D eigenvalue weighted by Gasteiger charge is 2.33. The second kappa shape index (κ2) is 7.35. The molecule has 0 spiro atoms. The number of hydrogen-bond acceptors (Lipinski definition) is 4. The van der Waals surface area contributed by atoms with Gasteiger partial charge >= 0.3 is 6.18 Å². The van der Waals surface area contributed by atoms with Crippen LogP contribution in [0.4, 0.5) is 24.5 Å². The molecular formula is C13H20F3N3O. The number of ether oxygens (including phenoxy) is 1. The number of halogens is 3. The quantitative estimate of drug-likeness (QED) is 0.598. The molecule has 7 heteroatoms. The Bertz CT molecular complexity index is 422. The normalized spacial score (nSPS) is 11.9. The predicted octanol–water partition coefficient (Wildman–Crippen LogP) is 2.28. The fourth-order valence-corrected chi connectivity index (χ4v) is 1.56. The van der Waals surface area contributed by atoms with Crippen LogP contribution in [-0.4, -0.2) is 45.3 Å². The summed E-state index contributed by atoms with van der Waals surface area (Å²) in [5.41, 5.74) is 4.74. The average molecular weight is 291 g/mol. The molecule has 0 unspecified atom stereocenters. The van der Waals surface area contributed by atoms with Crippen LogP contribution in [0, 0.1) is 0 Å². The smallest absolute Gasteiger partial charge is 0.399 e. The number of likely N-dealkylation sites (N-methyl/N-ethyl adjacent to an activating group) is 1. The first kappa shape index (κ1) is 16.6. The Hall–Kier alpha value is -1.47. The molecule has 1 aromatic carbocycles. The van der Waals surface area contributed by atoms with Crippen molar-refractivity contribution in [3.05, 3.63) is 23.8 Å². The topological polar surface area (TPSA) is 50.5 Å². The van der Waals surface area contributed by atoms with Gasteiger partial charge < -0.3 is 20.7 Å². The first-order valence-corrected chi connectivity index (χ1v) is 6.24. The Morgan fingerprint density at radius 2 is 1.95 bits per heavy atom. The summed E-state index contributed by atoms with van der Waals surface area (Å²) < 4.78 is 43.7. The van der Waals surface area contributed by atoms with Crippen LogP contribution in [-0.2, 0) is 10.9 Å². The van der Waals surface area contributed by atoms with E-state index in [4.69, 9.17) is 10.5 Å². The van der Waals surface area contributed by atoms with Gasteiger partial charge in [0, 0.05) is 24.5 Å². The molecule has 0 bridgehead atoms. The molecule has 0 atom stereocenters. The summed E-state index contributed by atoms with van der Waals surface area (Å²) in [4.78, 5) is 1.97. The molecule has 0 aliphatic heterocycles. The van der Waals surface area contributed by atoms with Crippen LogP contribution in [0.5, 0.6) is 0 Å². The molecule has 114 valence electrons.